The van der Waals surface area contributed by atoms with Gasteiger partial charge in [-0.15, -0.1) is 0 Å². The van der Waals surface area contributed by atoms with Gasteiger partial charge in [-0.3, -0.25) is 4.57 Å². The first-order valence-corrected chi connectivity index (χ1v) is 10.5. The molecule has 4 nitrogen and oxygen atoms in total. The lowest BCUT2D eigenvalue weighted by Crippen LogP contribution is -2.44. The smallest absolute Gasteiger partial charge is 0.256 e. The van der Waals surface area contributed by atoms with Gasteiger partial charge in [0.1, 0.15) is 0 Å². The molecule has 0 saturated heterocycles. The number of pyridine rings is 2. The Hall–Kier alpha value is -1.30. The molecule has 2 atom stereocenters. The topological polar surface area (TPSA) is 63.1 Å². The highest BCUT2D eigenvalue weighted by atomic mass is 32.7. The number of rotatable bonds is 3. The van der Waals surface area contributed by atoms with Crippen molar-refractivity contribution in [1.29, 1.82) is 0 Å². The lowest BCUT2D eigenvalue weighted by atomic mass is 9.68. The molecule has 3 rings (SSSR count). The van der Waals surface area contributed by atoms with Crippen molar-refractivity contribution in [3.63, 3.8) is 0 Å². The summed E-state index contributed by atoms with van der Waals surface area (Å²) >= 11 is 3.93. The molecule has 8 heteroatoms. The Morgan fingerprint density at radius 2 is 1.62 bits per heavy atom. The summed E-state index contributed by atoms with van der Waals surface area (Å²) in [6.45, 7) is -3.85. The number of nitrogens with zero attached hydrogens (tertiary/aromatic N) is 2. The molecule has 0 bridgehead atoms. The minimum atomic E-state index is -3.85. The molecule has 2 heterocycles. The molecular weight excluding hydrogens is 353 g/mol. The van der Waals surface area contributed by atoms with E-state index < -0.39 is 29.5 Å². The van der Waals surface area contributed by atoms with E-state index in [9.17, 15) is 18.2 Å². The summed E-state index contributed by atoms with van der Waals surface area (Å²) in [6, 6.07) is 8.58. The zero-order chi connectivity index (χ0) is 17.4. The fraction of sp³-hybridized carbons (Fsp3) is 0.375. The average Bonchev–Trinajstić information content (AvgIpc) is 2.54. The summed E-state index contributed by atoms with van der Waals surface area (Å²) in [5, 5.41) is 0. The van der Waals surface area contributed by atoms with Crippen LogP contribution in [0.3, 0.4) is 0 Å². The van der Waals surface area contributed by atoms with Gasteiger partial charge in [0.05, 0.1) is 22.5 Å². The van der Waals surface area contributed by atoms with Crippen LogP contribution >= 0.6 is 18.8 Å². The number of thiol groups is 1. The number of hydrogen-bond donors (Lipinski definition) is 2. The molecule has 1 aliphatic rings. The van der Waals surface area contributed by atoms with Crippen molar-refractivity contribution in [3.05, 3.63) is 59.7 Å². The highest BCUT2D eigenvalue weighted by Crippen LogP contribution is 2.63. The average molecular weight is 370 g/mol. The standard InChI is InChI=1S/C16H17F2N2O2PS/c17-14-8-3-5-11(19-14)16(12-6-4-9-15(18)20-12)10-2-1-7-13(16)23(21,22)24/h3-6,8-9,13H,1-2,7,10H2,(H2,21,22,24). The highest BCUT2D eigenvalue weighted by Gasteiger charge is 2.52. The first-order chi connectivity index (χ1) is 11.3. The second-order valence-corrected chi connectivity index (χ2v) is 9.53. The molecule has 0 radical (unpaired) electrons. The minimum Gasteiger partial charge on any atom is -0.337 e. The molecule has 1 saturated carbocycles. The SMILES string of the molecule is O=P(O)(S)C1CCCCC1(c1cccc(F)n1)c1cccc(F)n1. The van der Waals surface area contributed by atoms with E-state index in [0.717, 1.165) is 12.8 Å². The maximum atomic E-state index is 13.8. The maximum Gasteiger partial charge on any atom is 0.256 e. The van der Waals surface area contributed by atoms with Crippen molar-refractivity contribution in [2.45, 2.75) is 36.8 Å². The third kappa shape index (κ3) is 3.13. The zero-order valence-electron chi connectivity index (χ0n) is 12.8. The summed E-state index contributed by atoms with van der Waals surface area (Å²) in [5.74, 6) is -1.39. The van der Waals surface area contributed by atoms with Crippen molar-refractivity contribution >= 4 is 18.8 Å². The Morgan fingerprint density at radius 1 is 1.08 bits per heavy atom. The fourth-order valence-corrected chi connectivity index (χ4v) is 6.08. The van der Waals surface area contributed by atoms with Crippen molar-refractivity contribution in [1.82, 2.24) is 9.97 Å². The Balaban J connectivity index is 2.29. The molecule has 0 aliphatic heterocycles. The van der Waals surface area contributed by atoms with Crippen LogP contribution in [0.15, 0.2) is 36.4 Å². The van der Waals surface area contributed by atoms with Gasteiger partial charge >= 0.3 is 0 Å². The first kappa shape index (κ1) is 17.5. The van der Waals surface area contributed by atoms with Crippen LogP contribution in [0.25, 0.3) is 0 Å². The van der Waals surface area contributed by atoms with E-state index in [0.29, 0.717) is 12.8 Å². The lowest BCUT2D eigenvalue weighted by molar-refractivity contribution is 0.311. The number of aromatic nitrogens is 2. The summed E-state index contributed by atoms with van der Waals surface area (Å²) in [7, 11) is 0. The summed E-state index contributed by atoms with van der Waals surface area (Å²) in [4.78, 5) is 18.1. The van der Waals surface area contributed by atoms with Crippen molar-refractivity contribution in [3.8, 4) is 0 Å². The monoisotopic (exact) mass is 370 g/mol. The Labute approximate surface area is 144 Å². The molecule has 0 aromatic carbocycles. The predicted molar refractivity (Wildman–Crippen MR) is 90.2 cm³/mol. The molecular formula is C16H17F2N2O2PS. The third-order valence-corrected chi connectivity index (χ3v) is 6.97. The van der Waals surface area contributed by atoms with Gasteiger partial charge < -0.3 is 4.89 Å². The van der Waals surface area contributed by atoms with E-state index in [1.807, 2.05) is 0 Å². The summed E-state index contributed by atoms with van der Waals surface area (Å²) in [6.07, 6.45) is 2.31. The molecule has 0 spiro atoms. The molecule has 1 fully saturated rings. The van der Waals surface area contributed by atoms with Crippen LogP contribution in [0.5, 0.6) is 0 Å². The fourth-order valence-electron chi connectivity index (χ4n) is 3.65. The summed E-state index contributed by atoms with van der Waals surface area (Å²) in [5.41, 5.74) is -1.39. The van der Waals surface area contributed by atoms with E-state index in [4.69, 9.17) is 0 Å². The highest BCUT2D eigenvalue weighted by molar-refractivity contribution is 8.46. The van der Waals surface area contributed by atoms with Crippen LogP contribution in [0.1, 0.15) is 37.1 Å². The largest absolute Gasteiger partial charge is 0.337 e. The third-order valence-electron chi connectivity index (χ3n) is 4.62. The minimum absolute atomic E-state index is 0.286. The van der Waals surface area contributed by atoms with Crippen LogP contribution in [0, 0.1) is 11.9 Å². The maximum absolute atomic E-state index is 13.8. The molecule has 2 aromatic heterocycles. The van der Waals surface area contributed by atoms with E-state index in [1.54, 1.807) is 12.1 Å². The summed E-state index contributed by atoms with van der Waals surface area (Å²) < 4.78 is 40.0. The second kappa shape index (κ2) is 6.54. The van der Waals surface area contributed by atoms with Crippen molar-refractivity contribution in [2.75, 3.05) is 0 Å². The number of hydrogen-bond acceptors (Lipinski definition) is 3. The van der Waals surface area contributed by atoms with E-state index in [1.165, 1.54) is 24.3 Å². The normalized spacial score (nSPS) is 22.8. The molecule has 2 unspecified atom stereocenters. The van der Waals surface area contributed by atoms with Crippen molar-refractivity contribution in [2.24, 2.45) is 0 Å². The first-order valence-electron chi connectivity index (χ1n) is 7.65. The lowest BCUT2D eigenvalue weighted by Gasteiger charge is -2.43. The van der Waals surface area contributed by atoms with Gasteiger partial charge in [-0.25, -0.2) is 9.97 Å². The van der Waals surface area contributed by atoms with Gasteiger partial charge in [-0.1, -0.05) is 37.2 Å². The van der Waals surface area contributed by atoms with E-state index in [2.05, 4.69) is 22.2 Å². The van der Waals surface area contributed by atoms with E-state index in [-0.39, 0.29) is 11.4 Å². The molecule has 2 aromatic rings. The van der Waals surface area contributed by atoms with Gasteiger partial charge in [0.15, 0.2) is 0 Å². The quantitative estimate of drug-likeness (QED) is 0.485. The van der Waals surface area contributed by atoms with Crippen LogP contribution in [0.2, 0.25) is 0 Å². The van der Waals surface area contributed by atoms with Crippen LogP contribution in [-0.4, -0.2) is 20.5 Å². The second-order valence-electron chi connectivity index (χ2n) is 6.01. The van der Waals surface area contributed by atoms with Crippen LogP contribution in [-0.2, 0) is 9.98 Å². The van der Waals surface area contributed by atoms with Crippen molar-refractivity contribution < 1.29 is 18.2 Å². The van der Waals surface area contributed by atoms with Crippen LogP contribution in [0.4, 0.5) is 8.78 Å². The molecule has 1 N–H and O–H groups in total. The molecule has 128 valence electrons. The van der Waals surface area contributed by atoms with E-state index >= 15 is 0 Å². The van der Waals surface area contributed by atoms with Gasteiger partial charge in [-0.2, -0.15) is 8.78 Å². The van der Waals surface area contributed by atoms with Gasteiger partial charge in [-0.05, 0) is 37.1 Å². The Kier molecular flexibility index (Phi) is 4.78. The molecule has 24 heavy (non-hydrogen) atoms. The Morgan fingerprint density at radius 3 is 2.08 bits per heavy atom. The van der Waals surface area contributed by atoms with Crippen LogP contribution < -0.4 is 0 Å². The number of halogens is 2. The van der Waals surface area contributed by atoms with Gasteiger partial charge in [0.2, 0.25) is 11.9 Å². The van der Waals surface area contributed by atoms with Gasteiger partial charge in [0, 0.05) is 0 Å². The Bertz CT molecular complexity index is 754. The molecule has 0 amide bonds. The molecule has 1 aliphatic carbocycles. The predicted octanol–water partition coefficient (Wildman–Crippen LogP) is 4.10. The van der Waals surface area contributed by atoms with Gasteiger partial charge in [0.25, 0.3) is 6.57 Å². The zero-order valence-corrected chi connectivity index (χ0v) is 14.6.